The Morgan fingerprint density at radius 2 is 2.16 bits per heavy atom. The molecule has 19 heavy (non-hydrogen) atoms. The second-order valence-corrected chi connectivity index (χ2v) is 5.23. The molecule has 0 saturated carbocycles. The molecule has 0 atom stereocenters. The fourth-order valence-corrected chi connectivity index (χ4v) is 2.36. The number of carbonyl (C=O) groups is 2. The number of halogens is 1. The first-order valence-electron chi connectivity index (χ1n) is 5.97. The van der Waals surface area contributed by atoms with Crippen LogP contribution in [0.25, 0.3) is 0 Å². The number of aliphatic carboxylic acids is 1. The van der Waals surface area contributed by atoms with Gasteiger partial charge < -0.3 is 14.7 Å². The topological polar surface area (TPSA) is 66.8 Å². The third-order valence-electron chi connectivity index (χ3n) is 2.91. The van der Waals surface area contributed by atoms with E-state index >= 15 is 0 Å². The molecule has 0 aromatic heterocycles. The third kappa shape index (κ3) is 3.70. The minimum atomic E-state index is -0.956. The Hall–Kier alpha value is -1.56. The van der Waals surface area contributed by atoms with E-state index in [0.29, 0.717) is 19.7 Å². The van der Waals surface area contributed by atoms with Gasteiger partial charge in [-0.3, -0.25) is 9.59 Å². The lowest BCUT2D eigenvalue weighted by atomic mass is 10.2. The number of carboxylic acid groups (broad SMARTS) is 1. The van der Waals surface area contributed by atoms with Crippen molar-refractivity contribution >= 4 is 27.8 Å². The van der Waals surface area contributed by atoms with Crippen molar-refractivity contribution in [3.05, 3.63) is 28.2 Å². The second-order valence-electron chi connectivity index (χ2n) is 4.31. The van der Waals surface area contributed by atoms with E-state index in [0.717, 1.165) is 15.8 Å². The molecule has 1 N–H and O–H groups in total. The van der Waals surface area contributed by atoms with Gasteiger partial charge in [0.1, 0.15) is 12.4 Å². The Morgan fingerprint density at radius 1 is 1.37 bits per heavy atom. The lowest BCUT2D eigenvalue weighted by Crippen LogP contribution is -2.32. The van der Waals surface area contributed by atoms with Gasteiger partial charge in [-0.1, -0.05) is 15.9 Å². The van der Waals surface area contributed by atoms with Gasteiger partial charge in [0.25, 0.3) is 0 Å². The highest BCUT2D eigenvalue weighted by atomic mass is 79.9. The number of fused-ring (bicyclic) bond motifs is 1. The van der Waals surface area contributed by atoms with Gasteiger partial charge in [-0.15, -0.1) is 0 Å². The Balaban J connectivity index is 2.08. The fourth-order valence-electron chi connectivity index (χ4n) is 1.95. The molecule has 1 aromatic rings. The van der Waals surface area contributed by atoms with Crippen LogP contribution >= 0.6 is 15.9 Å². The van der Waals surface area contributed by atoms with Gasteiger partial charge in [0.05, 0.1) is 13.0 Å². The van der Waals surface area contributed by atoms with Crippen LogP contribution in [-0.4, -0.2) is 35.0 Å². The summed E-state index contributed by atoms with van der Waals surface area (Å²) in [6, 6.07) is 5.67. The molecule has 0 spiro atoms. The van der Waals surface area contributed by atoms with E-state index in [1.54, 1.807) is 4.90 Å². The zero-order chi connectivity index (χ0) is 13.8. The average molecular weight is 328 g/mol. The largest absolute Gasteiger partial charge is 0.491 e. The monoisotopic (exact) mass is 327 g/mol. The lowest BCUT2D eigenvalue weighted by Gasteiger charge is -2.19. The van der Waals surface area contributed by atoms with E-state index in [1.165, 1.54) is 0 Å². The van der Waals surface area contributed by atoms with Crippen LogP contribution in [0.4, 0.5) is 0 Å². The molecule has 1 heterocycles. The SMILES string of the molecule is O=C(O)CCC(=O)N1CCOc2ccc(Br)cc2C1. The molecule has 1 aromatic carbocycles. The number of carboxylic acids is 1. The Kier molecular flexibility index (Phi) is 4.42. The first kappa shape index (κ1) is 13.9. The van der Waals surface area contributed by atoms with E-state index in [9.17, 15) is 9.59 Å². The van der Waals surface area contributed by atoms with E-state index in [1.807, 2.05) is 18.2 Å². The molecule has 0 fully saturated rings. The number of carbonyl (C=O) groups excluding carboxylic acids is 1. The van der Waals surface area contributed by atoms with Crippen LogP contribution in [0.15, 0.2) is 22.7 Å². The fraction of sp³-hybridized carbons (Fsp3) is 0.385. The smallest absolute Gasteiger partial charge is 0.303 e. The first-order chi connectivity index (χ1) is 9.06. The molecular weight excluding hydrogens is 314 g/mol. The van der Waals surface area contributed by atoms with Crippen LogP contribution in [0.1, 0.15) is 18.4 Å². The summed E-state index contributed by atoms with van der Waals surface area (Å²) in [7, 11) is 0. The van der Waals surface area contributed by atoms with E-state index in [4.69, 9.17) is 9.84 Å². The number of hydrogen-bond donors (Lipinski definition) is 1. The third-order valence-corrected chi connectivity index (χ3v) is 3.40. The maximum Gasteiger partial charge on any atom is 0.303 e. The molecule has 5 nitrogen and oxygen atoms in total. The Labute approximate surface area is 119 Å². The van der Waals surface area contributed by atoms with Crippen LogP contribution < -0.4 is 4.74 Å². The highest BCUT2D eigenvalue weighted by molar-refractivity contribution is 9.10. The molecule has 1 aliphatic heterocycles. The van der Waals surface area contributed by atoms with Crippen molar-refractivity contribution in [2.75, 3.05) is 13.2 Å². The highest BCUT2D eigenvalue weighted by Crippen LogP contribution is 2.26. The van der Waals surface area contributed by atoms with E-state index in [-0.39, 0.29) is 18.7 Å². The lowest BCUT2D eigenvalue weighted by molar-refractivity contribution is -0.141. The van der Waals surface area contributed by atoms with Gasteiger partial charge >= 0.3 is 5.97 Å². The van der Waals surface area contributed by atoms with Crippen LogP contribution in [0.2, 0.25) is 0 Å². The standard InChI is InChI=1S/C13H14BrNO4/c14-10-1-2-11-9(7-10)8-15(5-6-19-11)12(16)3-4-13(17)18/h1-2,7H,3-6,8H2,(H,17,18). The van der Waals surface area contributed by atoms with Gasteiger partial charge in [-0.25, -0.2) is 0 Å². The zero-order valence-electron chi connectivity index (χ0n) is 10.3. The molecule has 102 valence electrons. The van der Waals surface area contributed by atoms with Crippen LogP contribution in [-0.2, 0) is 16.1 Å². The molecule has 0 radical (unpaired) electrons. The number of benzene rings is 1. The zero-order valence-corrected chi connectivity index (χ0v) is 11.9. The summed E-state index contributed by atoms with van der Waals surface area (Å²) in [6.07, 6.45) is -0.111. The van der Waals surface area contributed by atoms with Gasteiger partial charge in [-0.05, 0) is 18.2 Å². The molecule has 0 unspecified atom stereocenters. The summed E-state index contributed by atoms with van der Waals surface area (Å²) in [5, 5.41) is 8.61. The Bertz CT molecular complexity index is 503. The van der Waals surface area contributed by atoms with Gasteiger partial charge in [0.2, 0.25) is 5.91 Å². The summed E-state index contributed by atoms with van der Waals surface area (Å²) in [6.45, 7) is 1.35. The van der Waals surface area contributed by atoms with Gasteiger partial charge in [0.15, 0.2) is 0 Å². The van der Waals surface area contributed by atoms with Gasteiger partial charge in [-0.2, -0.15) is 0 Å². The van der Waals surface area contributed by atoms with Gasteiger partial charge in [0, 0.05) is 23.0 Å². The quantitative estimate of drug-likeness (QED) is 0.922. The normalized spacial score (nSPS) is 14.3. The molecule has 2 rings (SSSR count). The van der Waals surface area contributed by atoms with E-state index in [2.05, 4.69) is 15.9 Å². The maximum atomic E-state index is 11.9. The number of nitrogens with zero attached hydrogens (tertiary/aromatic N) is 1. The summed E-state index contributed by atoms with van der Waals surface area (Å²) in [5.74, 6) is -0.335. The molecule has 1 aliphatic rings. The molecule has 6 heteroatoms. The number of hydrogen-bond acceptors (Lipinski definition) is 3. The predicted molar refractivity (Wildman–Crippen MR) is 71.9 cm³/mol. The van der Waals surface area contributed by atoms with Crippen LogP contribution in [0, 0.1) is 0 Å². The number of ether oxygens (including phenoxy) is 1. The van der Waals surface area contributed by atoms with Crippen LogP contribution in [0.5, 0.6) is 5.75 Å². The highest BCUT2D eigenvalue weighted by Gasteiger charge is 2.20. The molecule has 1 amide bonds. The van der Waals surface area contributed by atoms with Crippen molar-refractivity contribution in [3.63, 3.8) is 0 Å². The maximum absolute atomic E-state index is 11.9. The summed E-state index contributed by atoms with van der Waals surface area (Å²) < 4.78 is 6.50. The minimum absolute atomic E-state index is 0.0265. The average Bonchev–Trinajstić information content (AvgIpc) is 2.57. The van der Waals surface area contributed by atoms with Crippen molar-refractivity contribution in [2.45, 2.75) is 19.4 Å². The van der Waals surface area contributed by atoms with Crippen molar-refractivity contribution < 1.29 is 19.4 Å². The first-order valence-corrected chi connectivity index (χ1v) is 6.76. The molecular formula is C13H14BrNO4. The molecule has 0 aliphatic carbocycles. The van der Waals surface area contributed by atoms with Crippen molar-refractivity contribution in [3.8, 4) is 5.75 Å². The second kappa shape index (κ2) is 6.06. The van der Waals surface area contributed by atoms with Crippen molar-refractivity contribution in [1.82, 2.24) is 4.90 Å². The number of rotatable bonds is 3. The van der Waals surface area contributed by atoms with E-state index < -0.39 is 5.97 Å². The summed E-state index contributed by atoms with van der Waals surface area (Å²) in [5.41, 5.74) is 0.926. The van der Waals surface area contributed by atoms with Crippen molar-refractivity contribution in [2.24, 2.45) is 0 Å². The predicted octanol–water partition coefficient (Wildman–Crippen LogP) is 2.03. The number of amides is 1. The van der Waals surface area contributed by atoms with Crippen molar-refractivity contribution in [1.29, 1.82) is 0 Å². The minimum Gasteiger partial charge on any atom is -0.491 e. The summed E-state index contributed by atoms with van der Waals surface area (Å²) >= 11 is 3.39. The molecule has 0 saturated heterocycles. The van der Waals surface area contributed by atoms with Crippen LogP contribution in [0.3, 0.4) is 0 Å². The molecule has 0 bridgehead atoms. The summed E-state index contributed by atoms with van der Waals surface area (Å²) in [4.78, 5) is 24.1. The Morgan fingerprint density at radius 3 is 2.89 bits per heavy atom.